The predicted molar refractivity (Wildman–Crippen MR) is 80.1 cm³/mol. The Morgan fingerprint density at radius 2 is 2.35 bits per heavy atom. The van der Waals surface area contributed by atoms with Crippen molar-refractivity contribution in [1.82, 2.24) is 10.2 Å². The van der Waals surface area contributed by atoms with E-state index in [1.807, 2.05) is 23.1 Å². The molecule has 2 rings (SSSR count). The average molecular weight is 276 g/mol. The quantitative estimate of drug-likeness (QED) is 0.914. The fourth-order valence-electron chi connectivity index (χ4n) is 2.62. The minimum atomic E-state index is 0.211. The van der Waals surface area contributed by atoms with Crippen LogP contribution in [0.2, 0.25) is 0 Å². The van der Waals surface area contributed by atoms with Crippen molar-refractivity contribution in [2.45, 2.75) is 32.2 Å². The predicted octanol–water partition coefficient (Wildman–Crippen LogP) is 2.01. The van der Waals surface area contributed by atoms with Crippen LogP contribution in [-0.2, 0) is 4.79 Å². The van der Waals surface area contributed by atoms with Crippen molar-refractivity contribution in [1.29, 1.82) is 0 Å². The summed E-state index contributed by atoms with van der Waals surface area (Å²) in [4.78, 5) is 14.3. The Morgan fingerprint density at radius 1 is 1.55 bits per heavy atom. The first-order chi connectivity index (χ1) is 9.60. The van der Waals surface area contributed by atoms with Crippen LogP contribution in [0.4, 0.5) is 0 Å². The molecule has 1 N–H and O–H groups in total. The van der Waals surface area contributed by atoms with E-state index in [2.05, 4.69) is 25.2 Å². The molecule has 1 aromatic rings. The number of hydrogen-bond donors (Lipinski definition) is 1. The highest BCUT2D eigenvalue weighted by Crippen LogP contribution is 2.24. The monoisotopic (exact) mass is 276 g/mol. The summed E-state index contributed by atoms with van der Waals surface area (Å²) in [5.41, 5.74) is 1.15. The van der Waals surface area contributed by atoms with Crippen molar-refractivity contribution in [2.24, 2.45) is 0 Å². The lowest BCUT2D eigenvalue weighted by Crippen LogP contribution is -2.51. The zero-order chi connectivity index (χ0) is 14.5. The van der Waals surface area contributed by atoms with E-state index in [9.17, 15) is 4.79 Å². The van der Waals surface area contributed by atoms with Gasteiger partial charge in [-0.2, -0.15) is 0 Å². The van der Waals surface area contributed by atoms with E-state index in [1.165, 1.54) is 0 Å². The molecule has 1 aliphatic rings. The van der Waals surface area contributed by atoms with E-state index < -0.39 is 0 Å². The molecule has 20 heavy (non-hydrogen) atoms. The molecule has 0 radical (unpaired) electrons. The Bertz CT molecular complexity index is 462. The molecule has 110 valence electrons. The van der Waals surface area contributed by atoms with Crippen LogP contribution in [0.3, 0.4) is 0 Å². The third-order valence-corrected chi connectivity index (χ3v) is 3.87. The fourth-order valence-corrected chi connectivity index (χ4v) is 2.62. The number of benzene rings is 1. The molecule has 0 aliphatic carbocycles. The molecule has 0 bridgehead atoms. The van der Waals surface area contributed by atoms with E-state index >= 15 is 0 Å². The summed E-state index contributed by atoms with van der Waals surface area (Å²) >= 11 is 0. The highest BCUT2D eigenvalue weighted by molar-refractivity contribution is 5.77. The topological polar surface area (TPSA) is 41.6 Å². The molecule has 0 aromatic heterocycles. The summed E-state index contributed by atoms with van der Waals surface area (Å²) in [5, 5.41) is 3.36. The lowest BCUT2D eigenvalue weighted by Gasteiger charge is -2.32. The van der Waals surface area contributed by atoms with E-state index in [4.69, 9.17) is 4.74 Å². The van der Waals surface area contributed by atoms with E-state index in [0.717, 1.165) is 30.9 Å². The highest BCUT2D eigenvalue weighted by Gasteiger charge is 2.22. The number of amides is 1. The van der Waals surface area contributed by atoms with Gasteiger partial charge >= 0.3 is 0 Å². The van der Waals surface area contributed by atoms with Crippen LogP contribution in [0.5, 0.6) is 5.75 Å². The summed E-state index contributed by atoms with van der Waals surface area (Å²) in [7, 11) is 1.66. The molecule has 1 aliphatic heterocycles. The average Bonchev–Trinajstić information content (AvgIpc) is 2.47. The second-order valence-corrected chi connectivity index (χ2v) is 5.58. The van der Waals surface area contributed by atoms with Crippen molar-refractivity contribution in [3.63, 3.8) is 0 Å². The smallest absolute Gasteiger partial charge is 0.223 e. The standard InChI is InChI=1S/C16H24N2O2/c1-12(14-5-4-6-15(10-14)20-3)9-16(19)18-8-7-17-13(2)11-18/h4-6,10,12-13,17H,7-9,11H2,1-3H3/t12-,13+/m1/s1. The highest BCUT2D eigenvalue weighted by atomic mass is 16.5. The number of ether oxygens (including phenoxy) is 1. The Balaban J connectivity index is 1.96. The first-order valence-corrected chi connectivity index (χ1v) is 7.25. The molecule has 2 atom stereocenters. The van der Waals surface area contributed by atoms with Gasteiger partial charge in [-0.05, 0) is 30.5 Å². The van der Waals surface area contributed by atoms with Crippen molar-refractivity contribution in [2.75, 3.05) is 26.7 Å². The summed E-state index contributed by atoms with van der Waals surface area (Å²) in [6.45, 7) is 6.72. The van der Waals surface area contributed by atoms with E-state index in [0.29, 0.717) is 12.5 Å². The molecule has 4 heteroatoms. The molecule has 1 aromatic carbocycles. The molecular weight excluding hydrogens is 252 g/mol. The number of nitrogens with one attached hydrogen (secondary N) is 1. The molecular formula is C16H24N2O2. The van der Waals surface area contributed by atoms with E-state index in [1.54, 1.807) is 7.11 Å². The van der Waals surface area contributed by atoms with Gasteiger partial charge in [0.15, 0.2) is 0 Å². The molecule has 1 heterocycles. The molecule has 0 spiro atoms. The number of carbonyl (C=O) groups excluding carboxylic acids is 1. The van der Waals surface area contributed by atoms with Gasteiger partial charge in [0.25, 0.3) is 0 Å². The van der Waals surface area contributed by atoms with Crippen LogP contribution >= 0.6 is 0 Å². The fraction of sp³-hybridized carbons (Fsp3) is 0.562. The van der Waals surface area contributed by atoms with Gasteiger partial charge < -0.3 is 15.0 Å². The van der Waals surface area contributed by atoms with Gasteiger partial charge in [-0.25, -0.2) is 0 Å². The molecule has 1 saturated heterocycles. The first-order valence-electron chi connectivity index (χ1n) is 7.25. The Hall–Kier alpha value is -1.55. The minimum absolute atomic E-state index is 0.211. The van der Waals surface area contributed by atoms with Crippen LogP contribution in [0.15, 0.2) is 24.3 Å². The number of carbonyl (C=O) groups is 1. The van der Waals surface area contributed by atoms with Gasteiger partial charge in [0, 0.05) is 32.1 Å². The third kappa shape index (κ3) is 3.73. The van der Waals surface area contributed by atoms with Crippen LogP contribution in [0, 0.1) is 0 Å². The Morgan fingerprint density at radius 3 is 3.05 bits per heavy atom. The van der Waals surface area contributed by atoms with Gasteiger partial charge in [-0.3, -0.25) is 4.79 Å². The van der Waals surface area contributed by atoms with Gasteiger partial charge in [0.2, 0.25) is 5.91 Å². The maximum absolute atomic E-state index is 12.3. The zero-order valence-electron chi connectivity index (χ0n) is 12.6. The van der Waals surface area contributed by atoms with Crippen LogP contribution in [-0.4, -0.2) is 43.6 Å². The minimum Gasteiger partial charge on any atom is -0.497 e. The van der Waals surface area contributed by atoms with Gasteiger partial charge in [0.05, 0.1) is 7.11 Å². The molecule has 4 nitrogen and oxygen atoms in total. The largest absolute Gasteiger partial charge is 0.497 e. The summed E-state index contributed by atoms with van der Waals surface area (Å²) < 4.78 is 5.24. The number of rotatable bonds is 4. The van der Waals surface area contributed by atoms with Crippen LogP contribution in [0.1, 0.15) is 31.7 Å². The summed E-state index contributed by atoms with van der Waals surface area (Å²) in [6, 6.07) is 8.36. The first kappa shape index (κ1) is 14.9. The lowest BCUT2D eigenvalue weighted by atomic mass is 9.96. The van der Waals surface area contributed by atoms with Gasteiger partial charge in [-0.1, -0.05) is 19.1 Å². The number of methoxy groups -OCH3 is 1. The number of piperazine rings is 1. The van der Waals surface area contributed by atoms with Crippen LogP contribution in [0.25, 0.3) is 0 Å². The summed E-state index contributed by atoms with van der Waals surface area (Å²) in [5.74, 6) is 1.30. The molecule has 1 amide bonds. The Kier molecular flexibility index (Phi) is 5.01. The van der Waals surface area contributed by atoms with Gasteiger partial charge in [0.1, 0.15) is 5.75 Å². The van der Waals surface area contributed by atoms with Crippen LogP contribution < -0.4 is 10.1 Å². The number of hydrogen-bond acceptors (Lipinski definition) is 3. The van der Waals surface area contributed by atoms with Crippen molar-refractivity contribution in [3.8, 4) is 5.75 Å². The second kappa shape index (κ2) is 6.75. The second-order valence-electron chi connectivity index (χ2n) is 5.58. The molecule has 0 saturated carbocycles. The maximum atomic E-state index is 12.3. The van der Waals surface area contributed by atoms with Crippen molar-refractivity contribution in [3.05, 3.63) is 29.8 Å². The van der Waals surface area contributed by atoms with Crippen molar-refractivity contribution >= 4 is 5.91 Å². The number of nitrogens with zero attached hydrogens (tertiary/aromatic N) is 1. The third-order valence-electron chi connectivity index (χ3n) is 3.87. The normalized spacial score (nSPS) is 20.6. The Labute approximate surface area is 121 Å². The SMILES string of the molecule is COc1cccc([C@H](C)CC(=O)N2CCN[C@@H](C)C2)c1. The molecule has 0 unspecified atom stereocenters. The zero-order valence-corrected chi connectivity index (χ0v) is 12.6. The van der Waals surface area contributed by atoms with Gasteiger partial charge in [-0.15, -0.1) is 0 Å². The van der Waals surface area contributed by atoms with Crippen molar-refractivity contribution < 1.29 is 9.53 Å². The van der Waals surface area contributed by atoms with E-state index in [-0.39, 0.29) is 11.8 Å². The summed E-state index contributed by atoms with van der Waals surface area (Å²) in [6.07, 6.45) is 0.555. The lowest BCUT2D eigenvalue weighted by molar-refractivity contribution is -0.132. The maximum Gasteiger partial charge on any atom is 0.223 e. The molecule has 1 fully saturated rings.